The molecule has 5 heteroatoms. The van der Waals surface area contributed by atoms with Gasteiger partial charge < -0.3 is 19.9 Å². The lowest BCUT2D eigenvalue weighted by Gasteiger charge is -2.46. The van der Waals surface area contributed by atoms with Gasteiger partial charge in [-0.25, -0.2) is 0 Å². The van der Waals surface area contributed by atoms with Gasteiger partial charge in [0.25, 0.3) is 0 Å². The van der Waals surface area contributed by atoms with E-state index < -0.39 is 0 Å². The highest BCUT2D eigenvalue weighted by Crippen LogP contribution is 2.29. The highest BCUT2D eigenvalue weighted by atomic mass is 16.5. The molecule has 0 atom stereocenters. The number of piperidine rings is 1. The van der Waals surface area contributed by atoms with E-state index in [9.17, 15) is 4.79 Å². The van der Waals surface area contributed by atoms with Crippen molar-refractivity contribution >= 4 is 16.8 Å². The Labute approximate surface area is 162 Å². The third-order valence-corrected chi connectivity index (χ3v) is 5.31. The molecule has 5 nitrogen and oxygen atoms in total. The molecule has 0 bridgehead atoms. The molecule has 2 aromatic rings. The number of aromatic nitrogens is 1. The zero-order chi connectivity index (χ0) is 19.7. The van der Waals surface area contributed by atoms with E-state index in [0.29, 0.717) is 13.0 Å². The van der Waals surface area contributed by atoms with Gasteiger partial charge in [0.05, 0.1) is 13.0 Å². The SMILES string of the molecule is COCCn1cc(CC(=O)NC2CC(C)(C)NC(C)(C)C2)c2ccccc21. The van der Waals surface area contributed by atoms with Crippen molar-refractivity contribution in [2.75, 3.05) is 13.7 Å². The Kier molecular flexibility index (Phi) is 5.63. The van der Waals surface area contributed by atoms with Gasteiger partial charge in [-0.1, -0.05) is 18.2 Å². The molecule has 27 heavy (non-hydrogen) atoms. The van der Waals surface area contributed by atoms with Gasteiger partial charge in [-0.05, 0) is 52.2 Å². The van der Waals surface area contributed by atoms with Crippen LogP contribution in [0.3, 0.4) is 0 Å². The Morgan fingerprint density at radius 3 is 2.56 bits per heavy atom. The van der Waals surface area contributed by atoms with Gasteiger partial charge in [0, 0.05) is 47.9 Å². The molecule has 1 fully saturated rings. The van der Waals surface area contributed by atoms with Gasteiger partial charge >= 0.3 is 0 Å². The van der Waals surface area contributed by atoms with E-state index in [1.54, 1.807) is 7.11 Å². The second-order valence-electron chi connectivity index (χ2n) is 9.10. The first kappa shape index (κ1) is 19.9. The molecule has 1 aliphatic rings. The van der Waals surface area contributed by atoms with Crippen LogP contribution in [0.1, 0.15) is 46.1 Å². The number of nitrogens with one attached hydrogen (secondary N) is 2. The van der Waals surface area contributed by atoms with Crippen molar-refractivity contribution in [2.45, 2.75) is 70.6 Å². The molecule has 0 unspecified atom stereocenters. The molecule has 2 N–H and O–H groups in total. The summed E-state index contributed by atoms with van der Waals surface area (Å²) in [5.74, 6) is 0.100. The number of nitrogens with zero attached hydrogens (tertiary/aromatic N) is 1. The molecule has 0 saturated carbocycles. The first-order valence-electron chi connectivity index (χ1n) is 9.83. The number of benzene rings is 1. The summed E-state index contributed by atoms with van der Waals surface area (Å²) in [6, 6.07) is 8.46. The first-order chi connectivity index (χ1) is 12.7. The van der Waals surface area contributed by atoms with Crippen molar-refractivity contribution in [2.24, 2.45) is 0 Å². The summed E-state index contributed by atoms with van der Waals surface area (Å²) in [6.07, 6.45) is 4.39. The predicted octanol–water partition coefficient (Wildman–Crippen LogP) is 3.26. The second-order valence-corrected chi connectivity index (χ2v) is 9.10. The summed E-state index contributed by atoms with van der Waals surface area (Å²) < 4.78 is 7.40. The maximum Gasteiger partial charge on any atom is 0.224 e. The summed E-state index contributed by atoms with van der Waals surface area (Å²) in [5.41, 5.74) is 2.28. The van der Waals surface area contributed by atoms with Gasteiger partial charge in [0.15, 0.2) is 0 Å². The lowest BCUT2D eigenvalue weighted by Crippen LogP contribution is -2.62. The van der Waals surface area contributed by atoms with Gasteiger partial charge in [-0.15, -0.1) is 0 Å². The van der Waals surface area contributed by atoms with Crippen molar-refractivity contribution in [3.05, 3.63) is 36.0 Å². The van der Waals surface area contributed by atoms with Crippen LogP contribution >= 0.6 is 0 Å². The van der Waals surface area contributed by atoms with E-state index in [0.717, 1.165) is 35.9 Å². The van der Waals surface area contributed by atoms with E-state index >= 15 is 0 Å². The molecule has 3 rings (SSSR count). The molecular formula is C22H33N3O2. The van der Waals surface area contributed by atoms with Crippen molar-refractivity contribution in [1.82, 2.24) is 15.2 Å². The Bertz CT molecular complexity index is 791. The molecular weight excluding hydrogens is 338 g/mol. The van der Waals surface area contributed by atoms with Crippen LogP contribution in [0.2, 0.25) is 0 Å². The van der Waals surface area contributed by atoms with Crippen LogP contribution in [-0.4, -0.2) is 41.3 Å². The highest BCUT2D eigenvalue weighted by Gasteiger charge is 2.38. The van der Waals surface area contributed by atoms with E-state index in [2.05, 4.69) is 61.2 Å². The molecule has 2 heterocycles. The van der Waals surface area contributed by atoms with E-state index in [4.69, 9.17) is 4.74 Å². The number of fused-ring (bicyclic) bond motifs is 1. The van der Waals surface area contributed by atoms with Crippen LogP contribution in [0.4, 0.5) is 0 Å². The number of hydrogen-bond donors (Lipinski definition) is 2. The molecule has 0 radical (unpaired) electrons. The minimum Gasteiger partial charge on any atom is -0.383 e. The van der Waals surface area contributed by atoms with Crippen molar-refractivity contribution in [3.8, 4) is 0 Å². The molecule has 1 aromatic heterocycles. The maximum absolute atomic E-state index is 12.8. The molecule has 0 aliphatic carbocycles. The Hall–Kier alpha value is -1.85. The van der Waals surface area contributed by atoms with Crippen molar-refractivity contribution < 1.29 is 9.53 Å². The second kappa shape index (κ2) is 7.64. The van der Waals surface area contributed by atoms with Crippen molar-refractivity contribution in [1.29, 1.82) is 0 Å². The lowest BCUT2D eigenvalue weighted by molar-refractivity contribution is -0.121. The highest BCUT2D eigenvalue weighted by molar-refractivity contribution is 5.89. The average molecular weight is 372 g/mol. The maximum atomic E-state index is 12.8. The third-order valence-electron chi connectivity index (χ3n) is 5.31. The van der Waals surface area contributed by atoms with E-state index in [1.807, 2.05) is 12.1 Å². The Morgan fingerprint density at radius 1 is 1.22 bits per heavy atom. The number of carbonyl (C=O) groups is 1. The number of carbonyl (C=O) groups excluding carboxylic acids is 1. The Balaban J connectivity index is 1.73. The summed E-state index contributed by atoms with van der Waals surface area (Å²) >= 11 is 0. The van der Waals surface area contributed by atoms with Crippen LogP contribution < -0.4 is 10.6 Å². The summed E-state index contributed by atoms with van der Waals surface area (Å²) in [4.78, 5) is 12.8. The van der Waals surface area contributed by atoms with Crippen molar-refractivity contribution in [3.63, 3.8) is 0 Å². The molecule has 0 spiro atoms. The van der Waals surface area contributed by atoms with Crippen LogP contribution in [0, 0.1) is 0 Å². The lowest BCUT2D eigenvalue weighted by atomic mass is 9.79. The number of hydrogen-bond acceptors (Lipinski definition) is 3. The van der Waals surface area contributed by atoms with E-state index in [-0.39, 0.29) is 23.0 Å². The quantitative estimate of drug-likeness (QED) is 0.819. The first-order valence-corrected chi connectivity index (χ1v) is 9.83. The molecule has 1 amide bonds. The zero-order valence-electron chi connectivity index (χ0n) is 17.3. The predicted molar refractivity (Wildman–Crippen MR) is 110 cm³/mol. The molecule has 1 aliphatic heterocycles. The summed E-state index contributed by atoms with van der Waals surface area (Å²) in [6.45, 7) is 10.3. The van der Waals surface area contributed by atoms with E-state index in [1.165, 1.54) is 0 Å². The van der Waals surface area contributed by atoms with Gasteiger partial charge in [-0.2, -0.15) is 0 Å². The fraction of sp³-hybridized carbons (Fsp3) is 0.591. The van der Waals surface area contributed by atoms with Crippen LogP contribution in [0.15, 0.2) is 30.5 Å². The normalized spacial score (nSPS) is 19.3. The summed E-state index contributed by atoms with van der Waals surface area (Å²) in [7, 11) is 1.71. The average Bonchev–Trinajstić information content (AvgIpc) is 2.88. The Morgan fingerprint density at radius 2 is 1.89 bits per heavy atom. The van der Waals surface area contributed by atoms with Gasteiger partial charge in [-0.3, -0.25) is 4.79 Å². The molecule has 1 saturated heterocycles. The number of amides is 1. The zero-order valence-corrected chi connectivity index (χ0v) is 17.3. The number of ether oxygens (including phenoxy) is 1. The van der Waals surface area contributed by atoms with Crippen LogP contribution in [0.5, 0.6) is 0 Å². The molecule has 148 valence electrons. The summed E-state index contributed by atoms with van der Waals surface area (Å²) in [5, 5.41) is 8.10. The topological polar surface area (TPSA) is 55.3 Å². The van der Waals surface area contributed by atoms with Crippen LogP contribution in [0.25, 0.3) is 10.9 Å². The molecule has 1 aromatic carbocycles. The van der Waals surface area contributed by atoms with Gasteiger partial charge in [0.2, 0.25) is 5.91 Å². The largest absolute Gasteiger partial charge is 0.383 e. The van der Waals surface area contributed by atoms with Crippen LogP contribution in [-0.2, 0) is 22.5 Å². The third kappa shape index (κ3) is 4.90. The standard InChI is InChI=1S/C22H33N3O2/c1-21(2)13-17(14-22(3,4)24-21)23-20(26)12-16-15-25(10-11-27-5)19-9-7-6-8-18(16)19/h6-9,15,17,24H,10-14H2,1-5H3,(H,23,26). The monoisotopic (exact) mass is 371 g/mol. The minimum atomic E-state index is 0.0237. The number of rotatable bonds is 6. The number of methoxy groups -OCH3 is 1. The fourth-order valence-electron chi connectivity index (χ4n) is 4.71. The number of para-hydroxylation sites is 1. The van der Waals surface area contributed by atoms with Gasteiger partial charge in [0.1, 0.15) is 0 Å². The fourth-order valence-corrected chi connectivity index (χ4v) is 4.71. The smallest absolute Gasteiger partial charge is 0.224 e. The minimum absolute atomic E-state index is 0.0237.